The average Bonchev–Trinajstić information content (AvgIpc) is 2.52. The third-order valence-electron chi connectivity index (χ3n) is 3.80. The molecule has 5 nitrogen and oxygen atoms in total. The fraction of sp³-hybridized carbons (Fsp3) is 0.750. The molecule has 2 rings (SSSR count). The Kier molecular flexibility index (Phi) is 5.79. The lowest BCUT2D eigenvalue weighted by Gasteiger charge is -2.36. The van der Waals surface area contributed by atoms with Crippen LogP contribution in [0.25, 0.3) is 0 Å². The summed E-state index contributed by atoms with van der Waals surface area (Å²) < 4.78 is 5.60. The monoisotopic (exact) mass is 292 g/mol. The van der Waals surface area contributed by atoms with Crippen LogP contribution in [0.3, 0.4) is 0 Å². The quantitative estimate of drug-likeness (QED) is 0.873. The van der Waals surface area contributed by atoms with Crippen LogP contribution >= 0.6 is 0 Å². The molecule has 0 amide bonds. The van der Waals surface area contributed by atoms with Gasteiger partial charge in [-0.3, -0.25) is 0 Å². The topological polar surface area (TPSA) is 50.3 Å². The Morgan fingerprint density at radius 2 is 2.19 bits per heavy atom. The molecule has 0 radical (unpaired) electrons. The second-order valence-corrected chi connectivity index (χ2v) is 5.88. The number of rotatable bonds is 6. The maximum Gasteiger partial charge on any atom is 0.135 e. The molecule has 1 aliphatic heterocycles. The fourth-order valence-corrected chi connectivity index (χ4v) is 2.50. The summed E-state index contributed by atoms with van der Waals surface area (Å²) >= 11 is 0. The minimum absolute atomic E-state index is 0.327. The zero-order chi connectivity index (χ0) is 15.2. The fourth-order valence-electron chi connectivity index (χ4n) is 2.50. The molecule has 1 unspecified atom stereocenters. The van der Waals surface area contributed by atoms with Crippen LogP contribution in [0.1, 0.15) is 52.3 Å². The number of anilines is 2. The highest BCUT2D eigenvalue weighted by Crippen LogP contribution is 2.24. The van der Waals surface area contributed by atoms with Gasteiger partial charge in [0.25, 0.3) is 0 Å². The summed E-state index contributed by atoms with van der Waals surface area (Å²) in [5, 5.41) is 3.39. The van der Waals surface area contributed by atoms with Crippen LogP contribution in [-0.4, -0.2) is 42.3 Å². The SMILES string of the molecule is CCCNc1cc(N2CCOCC2CC)nc(C(C)C)n1. The maximum absolute atomic E-state index is 5.60. The molecular formula is C16H28N4O. The average molecular weight is 292 g/mol. The molecule has 118 valence electrons. The van der Waals surface area contributed by atoms with Crippen molar-refractivity contribution in [3.05, 3.63) is 11.9 Å². The van der Waals surface area contributed by atoms with Crippen LogP contribution in [0.4, 0.5) is 11.6 Å². The van der Waals surface area contributed by atoms with Crippen molar-refractivity contribution in [1.29, 1.82) is 0 Å². The Balaban J connectivity index is 2.29. The second kappa shape index (κ2) is 7.59. The summed E-state index contributed by atoms with van der Waals surface area (Å²) in [6.45, 7) is 12.0. The largest absolute Gasteiger partial charge is 0.377 e. The van der Waals surface area contributed by atoms with Gasteiger partial charge in [-0.15, -0.1) is 0 Å². The highest BCUT2D eigenvalue weighted by atomic mass is 16.5. The summed E-state index contributed by atoms with van der Waals surface area (Å²) in [5.41, 5.74) is 0. The van der Waals surface area contributed by atoms with E-state index in [-0.39, 0.29) is 0 Å². The summed E-state index contributed by atoms with van der Waals surface area (Å²) in [6.07, 6.45) is 2.16. The maximum atomic E-state index is 5.60. The first-order valence-corrected chi connectivity index (χ1v) is 8.12. The molecule has 0 bridgehead atoms. The van der Waals surface area contributed by atoms with Crippen LogP contribution in [0.15, 0.2) is 6.07 Å². The number of ether oxygens (including phenoxy) is 1. The van der Waals surface area contributed by atoms with Gasteiger partial charge in [0.2, 0.25) is 0 Å². The highest BCUT2D eigenvalue weighted by molar-refractivity contribution is 5.50. The van der Waals surface area contributed by atoms with Crippen LogP contribution in [0.5, 0.6) is 0 Å². The number of nitrogens with zero attached hydrogens (tertiary/aromatic N) is 3. The van der Waals surface area contributed by atoms with Crippen molar-refractivity contribution < 1.29 is 4.74 Å². The zero-order valence-electron chi connectivity index (χ0n) is 13.7. The van der Waals surface area contributed by atoms with E-state index in [0.717, 1.165) is 56.6 Å². The molecule has 21 heavy (non-hydrogen) atoms. The summed E-state index contributed by atoms with van der Waals surface area (Å²) in [4.78, 5) is 11.8. The van der Waals surface area contributed by atoms with Gasteiger partial charge in [-0.1, -0.05) is 27.7 Å². The molecule has 1 atom stereocenters. The van der Waals surface area contributed by atoms with Gasteiger partial charge < -0.3 is 15.0 Å². The molecule has 0 spiro atoms. The third-order valence-corrected chi connectivity index (χ3v) is 3.80. The predicted octanol–water partition coefficient (Wildman–Crippen LogP) is 3.04. The summed E-state index contributed by atoms with van der Waals surface area (Å²) in [7, 11) is 0. The smallest absolute Gasteiger partial charge is 0.135 e. The Hall–Kier alpha value is -1.36. The lowest BCUT2D eigenvalue weighted by Crippen LogP contribution is -2.45. The van der Waals surface area contributed by atoms with Crippen molar-refractivity contribution in [2.45, 2.75) is 52.5 Å². The van der Waals surface area contributed by atoms with Gasteiger partial charge in [0.15, 0.2) is 0 Å². The van der Waals surface area contributed by atoms with E-state index in [0.29, 0.717) is 12.0 Å². The molecule has 0 aliphatic carbocycles. The standard InChI is InChI=1S/C16H28N4O/c1-5-7-17-14-10-15(19-16(18-14)12(3)4)20-8-9-21-11-13(20)6-2/h10,12-13H,5-9,11H2,1-4H3,(H,17,18,19). The number of nitrogens with one attached hydrogen (secondary N) is 1. The van der Waals surface area contributed by atoms with E-state index in [1.807, 2.05) is 0 Å². The van der Waals surface area contributed by atoms with Crippen molar-refractivity contribution in [2.24, 2.45) is 0 Å². The zero-order valence-corrected chi connectivity index (χ0v) is 13.7. The second-order valence-electron chi connectivity index (χ2n) is 5.88. The minimum atomic E-state index is 0.327. The van der Waals surface area contributed by atoms with Gasteiger partial charge in [0.1, 0.15) is 17.5 Å². The van der Waals surface area contributed by atoms with E-state index in [2.05, 4.69) is 49.0 Å². The van der Waals surface area contributed by atoms with Crippen molar-refractivity contribution in [3.8, 4) is 0 Å². The number of hydrogen-bond acceptors (Lipinski definition) is 5. The third kappa shape index (κ3) is 4.06. The van der Waals surface area contributed by atoms with Gasteiger partial charge in [-0.05, 0) is 12.8 Å². The molecule has 1 aliphatic rings. The van der Waals surface area contributed by atoms with Gasteiger partial charge >= 0.3 is 0 Å². The first-order valence-electron chi connectivity index (χ1n) is 8.12. The Bertz CT molecular complexity index is 450. The predicted molar refractivity (Wildman–Crippen MR) is 87.1 cm³/mol. The van der Waals surface area contributed by atoms with Crippen molar-refractivity contribution in [3.63, 3.8) is 0 Å². The van der Waals surface area contributed by atoms with Gasteiger partial charge in [-0.2, -0.15) is 0 Å². The van der Waals surface area contributed by atoms with Crippen LogP contribution < -0.4 is 10.2 Å². The molecule has 1 aromatic rings. The Labute approximate surface area is 128 Å². The first kappa shape index (κ1) is 16.0. The van der Waals surface area contributed by atoms with Crippen LogP contribution in [0.2, 0.25) is 0 Å². The van der Waals surface area contributed by atoms with Crippen molar-refractivity contribution >= 4 is 11.6 Å². The summed E-state index contributed by atoms with van der Waals surface area (Å²) in [5.74, 6) is 3.20. The molecule has 1 saturated heterocycles. The lowest BCUT2D eigenvalue weighted by atomic mass is 10.1. The number of aromatic nitrogens is 2. The van der Waals surface area contributed by atoms with E-state index < -0.39 is 0 Å². The molecule has 0 aromatic carbocycles. The summed E-state index contributed by atoms with van der Waals surface area (Å²) in [6, 6.07) is 2.49. The number of morpholine rings is 1. The lowest BCUT2D eigenvalue weighted by molar-refractivity contribution is 0.0925. The minimum Gasteiger partial charge on any atom is -0.377 e. The van der Waals surface area contributed by atoms with E-state index in [9.17, 15) is 0 Å². The first-order chi connectivity index (χ1) is 10.2. The van der Waals surface area contributed by atoms with E-state index in [1.165, 1.54) is 0 Å². The van der Waals surface area contributed by atoms with E-state index >= 15 is 0 Å². The van der Waals surface area contributed by atoms with E-state index in [4.69, 9.17) is 9.72 Å². The Morgan fingerprint density at radius 1 is 1.38 bits per heavy atom. The van der Waals surface area contributed by atoms with Crippen LogP contribution in [-0.2, 0) is 4.74 Å². The van der Waals surface area contributed by atoms with Gasteiger partial charge in [-0.25, -0.2) is 9.97 Å². The molecule has 1 aromatic heterocycles. The molecule has 2 heterocycles. The number of hydrogen-bond donors (Lipinski definition) is 1. The van der Waals surface area contributed by atoms with Crippen LogP contribution in [0, 0.1) is 0 Å². The Morgan fingerprint density at radius 3 is 2.86 bits per heavy atom. The molecule has 0 saturated carbocycles. The van der Waals surface area contributed by atoms with Gasteiger partial charge in [0.05, 0.1) is 19.3 Å². The normalized spacial score (nSPS) is 19.1. The van der Waals surface area contributed by atoms with E-state index in [1.54, 1.807) is 0 Å². The molecular weight excluding hydrogens is 264 g/mol. The van der Waals surface area contributed by atoms with Gasteiger partial charge in [0, 0.05) is 25.1 Å². The molecule has 1 fully saturated rings. The van der Waals surface area contributed by atoms with Crippen molar-refractivity contribution in [1.82, 2.24) is 9.97 Å². The highest BCUT2D eigenvalue weighted by Gasteiger charge is 2.24. The van der Waals surface area contributed by atoms with Crippen molar-refractivity contribution in [2.75, 3.05) is 36.5 Å². The molecule has 5 heteroatoms. The molecule has 1 N–H and O–H groups in total.